The third-order valence-corrected chi connectivity index (χ3v) is 6.97. The Balaban J connectivity index is 2.49. The maximum absolute atomic E-state index is 11.1. The Morgan fingerprint density at radius 3 is 2.50 bits per heavy atom. The van der Waals surface area contributed by atoms with Crippen molar-refractivity contribution in [3.63, 3.8) is 0 Å². The van der Waals surface area contributed by atoms with Gasteiger partial charge in [-0.25, -0.2) is 0 Å². The van der Waals surface area contributed by atoms with Gasteiger partial charge in [0, 0.05) is 0 Å². The minimum atomic E-state index is -4.90. The third-order valence-electron chi connectivity index (χ3n) is 3.42. The molecule has 3 N–H and O–H groups in total. The van der Waals surface area contributed by atoms with E-state index >= 15 is 0 Å². The molecule has 0 radical (unpaired) electrons. The van der Waals surface area contributed by atoms with Crippen LogP contribution in [0.4, 0.5) is 0 Å². The topological polar surface area (TPSA) is 121 Å². The zero-order valence-corrected chi connectivity index (χ0v) is 15.3. The van der Waals surface area contributed by atoms with Crippen LogP contribution < -0.4 is 4.74 Å². The Kier molecular flexibility index (Phi) is 7.63. The number of allylic oxidation sites excluding steroid dienone is 1. The van der Waals surface area contributed by atoms with E-state index in [1.165, 1.54) is 0 Å². The number of ether oxygens (including phenoxy) is 1. The fraction of sp³-hybridized carbons (Fsp3) is 0.467. The molecule has 7 nitrogen and oxygen atoms in total. The van der Waals surface area contributed by atoms with Gasteiger partial charge in [-0.15, -0.1) is 0 Å². The molecular weight excluding hydrogens is 355 g/mol. The summed E-state index contributed by atoms with van der Waals surface area (Å²) in [5, 5.41) is 0. The number of aryl methyl sites for hydroxylation is 1. The lowest BCUT2D eigenvalue weighted by Crippen LogP contribution is -2.20. The summed E-state index contributed by atoms with van der Waals surface area (Å²) < 4.78 is 47.7. The van der Waals surface area contributed by atoms with Crippen LogP contribution >= 0.6 is 7.60 Å². The zero-order chi connectivity index (χ0) is 18.4. The monoisotopic (exact) mass is 378 g/mol. The second kappa shape index (κ2) is 8.78. The molecule has 0 amide bonds. The average Bonchev–Trinajstić information content (AvgIpc) is 2.43. The summed E-state index contributed by atoms with van der Waals surface area (Å²) in [6.45, 7) is 4.15. The lowest BCUT2D eigenvalue weighted by Gasteiger charge is -2.14. The molecule has 136 valence electrons. The van der Waals surface area contributed by atoms with Crippen molar-refractivity contribution in [3.8, 4) is 5.75 Å². The highest BCUT2D eigenvalue weighted by atomic mass is 32.2. The van der Waals surface area contributed by atoms with E-state index in [-0.39, 0.29) is 12.8 Å². The predicted octanol–water partition coefficient (Wildman–Crippen LogP) is 2.88. The first-order chi connectivity index (χ1) is 11.0. The highest BCUT2D eigenvalue weighted by Crippen LogP contribution is 2.46. The molecule has 1 aromatic rings. The van der Waals surface area contributed by atoms with Crippen LogP contribution in [0.2, 0.25) is 0 Å². The van der Waals surface area contributed by atoms with Gasteiger partial charge in [0.25, 0.3) is 10.1 Å². The van der Waals surface area contributed by atoms with Crippen molar-refractivity contribution in [1.29, 1.82) is 0 Å². The Bertz CT molecular complexity index is 721. The van der Waals surface area contributed by atoms with Gasteiger partial charge < -0.3 is 14.5 Å². The molecule has 1 aromatic carbocycles. The fourth-order valence-corrected chi connectivity index (χ4v) is 4.47. The van der Waals surface area contributed by atoms with Gasteiger partial charge in [0.15, 0.2) is 4.99 Å². The second-order valence-electron chi connectivity index (χ2n) is 5.59. The number of hydrogen-bond acceptors (Lipinski definition) is 4. The van der Waals surface area contributed by atoms with Crippen molar-refractivity contribution in [1.82, 2.24) is 0 Å². The van der Waals surface area contributed by atoms with Crippen molar-refractivity contribution < 1.29 is 32.1 Å². The van der Waals surface area contributed by atoms with Gasteiger partial charge in [-0.1, -0.05) is 24.3 Å². The van der Waals surface area contributed by atoms with Crippen LogP contribution in [0.15, 0.2) is 35.9 Å². The lowest BCUT2D eigenvalue weighted by molar-refractivity contribution is 0.349. The van der Waals surface area contributed by atoms with Crippen molar-refractivity contribution >= 4 is 17.7 Å². The van der Waals surface area contributed by atoms with Crippen LogP contribution in [0.25, 0.3) is 0 Å². The van der Waals surface area contributed by atoms with Gasteiger partial charge in [0.2, 0.25) is 0 Å². The molecule has 1 rings (SSSR count). The Labute approximate surface area is 142 Å². The standard InChI is InChI=1S/C15H23O7PS/c1-12(11-22-14-9-5-4-8-13(14)2)7-3-6-10-15(23(16,17)18)24(19,20)21/h4-5,7-9,15H,3,6,10-11H2,1-2H3,(H2,16,17,18)(H,19,20,21). The molecule has 9 heteroatoms. The van der Waals surface area contributed by atoms with Crippen molar-refractivity contribution in [3.05, 3.63) is 41.5 Å². The van der Waals surface area contributed by atoms with Crippen LogP contribution in [0, 0.1) is 6.92 Å². The van der Waals surface area contributed by atoms with E-state index in [1.54, 1.807) is 0 Å². The number of rotatable bonds is 9. The van der Waals surface area contributed by atoms with E-state index < -0.39 is 22.7 Å². The summed E-state index contributed by atoms with van der Waals surface area (Å²) >= 11 is 0. The van der Waals surface area contributed by atoms with Crippen LogP contribution in [0.1, 0.15) is 31.7 Å². The maximum Gasteiger partial charge on any atom is 0.346 e. The van der Waals surface area contributed by atoms with Crippen LogP contribution in [0.3, 0.4) is 0 Å². The highest BCUT2D eigenvalue weighted by Gasteiger charge is 2.38. The summed E-state index contributed by atoms with van der Waals surface area (Å²) in [4.78, 5) is 15.9. The molecule has 1 unspecified atom stereocenters. The highest BCUT2D eigenvalue weighted by molar-refractivity contribution is 7.93. The first-order valence-corrected chi connectivity index (χ1v) is 10.6. The smallest absolute Gasteiger partial charge is 0.346 e. The minimum absolute atomic E-state index is 0.220. The first kappa shape index (κ1) is 20.9. The van der Waals surface area contributed by atoms with E-state index in [0.29, 0.717) is 13.0 Å². The third kappa shape index (κ3) is 7.15. The van der Waals surface area contributed by atoms with Gasteiger partial charge in [0.1, 0.15) is 12.4 Å². The molecule has 0 saturated carbocycles. The predicted molar refractivity (Wildman–Crippen MR) is 91.7 cm³/mol. The van der Waals surface area contributed by atoms with Crippen LogP contribution in [0.5, 0.6) is 5.75 Å². The normalized spacial score (nSPS) is 14.5. The molecule has 1 atom stereocenters. The number of hydrogen-bond donors (Lipinski definition) is 3. The Morgan fingerprint density at radius 1 is 1.33 bits per heavy atom. The summed E-state index contributed by atoms with van der Waals surface area (Å²) in [6, 6.07) is 7.59. The van der Waals surface area contributed by atoms with E-state index in [1.807, 2.05) is 44.2 Å². The van der Waals surface area contributed by atoms with Gasteiger partial charge in [-0.2, -0.15) is 8.42 Å². The molecule has 0 aromatic heterocycles. The second-order valence-corrected chi connectivity index (χ2v) is 9.34. The Morgan fingerprint density at radius 2 is 1.96 bits per heavy atom. The largest absolute Gasteiger partial charge is 0.489 e. The summed E-state index contributed by atoms with van der Waals surface area (Å²) in [5.74, 6) is 0.776. The summed E-state index contributed by atoms with van der Waals surface area (Å²) in [6.07, 6.45) is 2.15. The van der Waals surface area contributed by atoms with E-state index in [0.717, 1.165) is 16.9 Å². The average molecular weight is 378 g/mol. The molecule has 0 aliphatic rings. The molecule has 0 bridgehead atoms. The van der Waals surface area contributed by atoms with E-state index in [9.17, 15) is 13.0 Å². The maximum atomic E-state index is 11.1. The quantitative estimate of drug-likeness (QED) is 0.261. The van der Waals surface area contributed by atoms with Crippen LogP contribution in [-0.4, -0.2) is 34.4 Å². The fourth-order valence-electron chi connectivity index (χ4n) is 2.10. The molecular formula is C15H23O7PS. The minimum Gasteiger partial charge on any atom is -0.489 e. The van der Waals surface area contributed by atoms with Crippen molar-refractivity contribution in [2.24, 2.45) is 0 Å². The lowest BCUT2D eigenvalue weighted by atomic mass is 10.2. The SMILES string of the molecule is CC(=CCCCC(P(=O)(O)O)S(=O)(=O)O)COc1ccccc1C. The molecule has 0 aliphatic carbocycles. The van der Waals surface area contributed by atoms with Crippen molar-refractivity contribution in [2.45, 2.75) is 38.1 Å². The van der Waals surface area contributed by atoms with Gasteiger partial charge in [-0.3, -0.25) is 9.12 Å². The molecule has 0 spiro atoms. The van der Waals surface area contributed by atoms with Crippen molar-refractivity contribution in [2.75, 3.05) is 6.61 Å². The molecule has 24 heavy (non-hydrogen) atoms. The van der Waals surface area contributed by atoms with Crippen LogP contribution in [-0.2, 0) is 14.7 Å². The van der Waals surface area contributed by atoms with Gasteiger partial charge >= 0.3 is 7.60 Å². The number of benzene rings is 1. The summed E-state index contributed by atoms with van der Waals surface area (Å²) in [7, 11) is -9.69. The zero-order valence-electron chi connectivity index (χ0n) is 13.6. The molecule has 0 saturated heterocycles. The molecule has 0 heterocycles. The van der Waals surface area contributed by atoms with E-state index in [2.05, 4.69) is 0 Å². The number of para-hydroxylation sites is 1. The molecule has 0 aliphatic heterocycles. The molecule has 0 fully saturated rings. The summed E-state index contributed by atoms with van der Waals surface area (Å²) in [5.41, 5.74) is 1.93. The first-order valence-electron chi connectivity index (χ1n) is 7.37. The van der Waals surface area contributed by atoms with Gasteiger partial charge in [-0.05, 0) is 50.3 Å². The Hall–Kier alpha value is -1.18. The number of unbranched alkanes of at least 4 members (excludes halogenated alkanes) is 1. The van der Waals surface area contributed by atoms with E-state index in [4.69, 9.17) is 19.1 Å². The van der Waals surface area contributed by atoms with Gasteiger partial charge in [0.05, 0.1) is 0 Å².